The van der Waals surface area contributed by atoms with E-state index in [1.165, 1.54) is 6.07 Å². The number of benzene rings is 1. The number of nitrogens with two attached hydrogens (primary N) is 1. The SMILES string of the molecule is NCC1CCC(c2nc3c(F)cc(F)cc3[nH]2)CC1. The third-order valence-corrected chi connectivity index (χ3v) is 4.09. The number of aromatic nitrogens is 2. The van der Waals surface area contributed by atoms with E-state index in [1.807, 2.05) is 0 Å². The maximum absolute atomic E-state index is 13.6. The van der Waals surface area contributed by atoms with Crippen molar-refractivity contribution in [2.75, 3.05) is 6.54 Å². The largest absolute Gasteiger partial charge is 0.342 e. The van der Waals surface area contributed by atoms with Crippen LogP contribution in [0.15, 0.2) is 12.1 Å². The van der Waals surface area contributed by atoms with E-state index in [2.05, 4.69) is 9.97 Å². The van der Waals surface area contributed by atoms with Crippen LogP contribution in [0.5, 0.6) is 0 Å². The molecule has 2 aromatic rings. The number of nitrogens with zero attached hydrogens (tertiary/aromatic N) is 1. The highest BCUT2D eigenvalue weighted by Crippen LogP contribution is 2.35. The summed E-state index contributed by atoms with van der Waals surface area (Å²) < 4.78 is 26.7. The minimum atomic E-state index is -0.604. The Hall–Kier alpha value is -1.49. The Morgan fingerprint density at radius 1 is 1.21 bits per heavy atom. The molecule has 1 aliphatic carbocycles. The van der Waals surface area contributed by atoms with Gasteiger partial charge >= 0.3 is 0 Å². The van der Waals surface area contributed by atoms with Gasteiger partial charge < -0.3 is 10.7 Å². The Morgan fingerprint density at radius 2 is 1.95 bits per heavy atom. The first-order chi connectivity index (χ1) is 9.17. The van der Waals surface area contributed by atoms with E-state index < -0.39 is 11.6 Å². The first-order valence-corrected chi connectivity index (χ1v) is 6.72. The van der Waals surface area contributed by atoms with Gasteiger partial charge in [0.05, 0.1) is 5.52 Å². The zero-order valence-corrected chi connectivity index (χ0v) is 10.6. The average molecular weight is 265 g/mol. The van der Waals surface area contributed by atoms with Gasteiger partial charge in [-0.2, -0.15) is 0 Å². The highest BCUT2D eigenvalue weighted by atomic mass is 19.1. The number of imidazole rings is 1. The molecule has 0 spiro atoms. The van der Waals surface area contributed by atoms with Gasteiger partial charge in [-0.3, -0.25) is 0 Å². The highest BCUT2D eigenvalue weighted by Gasteiger charge is 2.24. The zero-order valence-electron chi connectivity index (χ0n) is 10.6. The Kier molecular flexibility index (Phi) is 3.22. The molecule has 0 radical (unpaired) electrons. The monoisotopic (exact) mass is 265 g/mol. The smallest absolute Gasteiger partial charge is 0.153 e. The summed E-state index contributed by atoms with van der Waals surface area (Å²) in [6.07, 6.45) is 4.17. The quantitative estimate of drug-likeness (QED) is 0.876. The fourth-order valence-corrected chi connectivity index (χ4v) is 2.93. The third kappa shape index (κ3) is 2.34. The highest BCUT2D eigenvalue weighted by molar-refractivity contribution is 5.75. The number of hydrogen-bond donors (Lipinski definition) is 2. The first kappa shape index (κ1) is 12.5. The second kappa shape index (κ2) is 4.89. The van der Waals surface area contributed by atoms with Crippen LogP contribution in [0.25, 0.3) is 11.0 Å². The minimum absolute atomic E-state index is 0.234. The molecule has 5 heteroatoms. The van der Waals surface area contributed by atoms with Gasteiger partial charge in [0.2, 0.25) is 0 Å². The molecular weight excluding hydrogens is 248 g/mol. The van der Waals surface area contributed by atoms with E-state index in [1.54, 1.807) is 0 Å². The number of halogens is 2. The van der Waals surface area contributed by atoms with Crippen LogP contribution in [0.2, 0.25) is 0 Å². The van der Waals surface area contributed by atoms with Crippen molar-refractivity contribution in [2.24, 2.45) is 11.7 Å². The van der Waals surface area contributed by atoms with Crippen molar-refractivity contribution in [1.82, 2.24) is 9.97 Å². The lowest BCUT2D eigenvalue weighted by molar-refractivity contribution is 0.326. The lowest BCUT2D eigenvalue weighted by Gasteiger charge is -2.26. The third-order valence-electron chi connectivity index (χ3n) is 4.09. The van der Waals surface area contributed by atoms with Crippen molar-refractivity contribution in [1.29, 1.82) is 0 Å². The normalized spacial score (nSPS) is 23.9. The van der Waals surface area contributed by atoms with Gasteiger partial charge in [-0.15, -0.1) is 0 Å². The second-order valence-electron chi connectivity index (χ2n) is 5.36. The molecule has 0 amide bonds. The van der Waals surface area contributed by atoms with Crippen LogP contribution in [0.4, 0.5) is 8.78 Å². The second-order valence-corrected chi connectivity index (χ2v) is 5.36. The number of aromatic amines is 1. The van der Waals surface area contributed by atoms with E-state index in [9.17, 15) is 8.78 Å². The molecule has 0 aliphatic heterocycles. The van der Waals surface area contributed by atoms with Gasteiger partial charge in [-0.25, -0.2) is 13.8 Å². The standard InChI is InChI=1S/C14H17F2N3/c15-10-5-11(16)13-12(6-10)18-14(19-13)9-3-1-8(7-17)2-4-9/h5-6,8-9H,1-4,7,17H2,(H,18,19). The van der Waals surface area contributed by atoms with Crippen molar-refractivity contribution in [3.05, 3.63) is 29.6 Å². The summed E-state index contributed by atoms with van der Waals surface area (Å²) in [6.45, 7) is 0.729. The minimum Gasteiger partial charge on any atom is -0.342 e. The summed E-state index contributed by atoms with van der Waals surface area (Å²) in [5.41, 5.74) is 6.34. The van der Waals surface area contributed by atoms with Gasteiger partial charge in [0, 0.05) is 12.0 Å². The molecular formula is C14H17F2N3. The molecule has 0 unspecified atom stereocenters. The summed E-state index contributed by atoms with van der Waals surface area (Å²) in [6, 6.07) is 2.17. The van der Waals surface area contributed by atoms with Gasteiger partial charge in [-0.05, 0) is 44.2 Å². The van der Waals surface area contributed by atoms with Gasteiger partial charge in [-0.1, -0.05) is 0 Å². The number of H-pyrrole nitrogens is 1. The summed E-state index contributed by atoms with van der Waals surface area (Å²) in [5, 5.41) is 0. The molecule has 3 nitrogen and oxygen atoms in total. The molecule has 1 fully saturated rings. The number of nitrogens with one attached hydrogen (secondary N) is 1. The molecule has 1 aromatic heterocycles. The molecule has 1 saturated carbocycles. The molecule has 0 saturated heterocycles. The van der Waals surface area contributed by atoms with Crippen LogP contribution in [0, 0.1) is 17.6 Å². The molecule has 3 N–H and O–H groups in total. The van der Waals surface area contributed by atoms with E-state index >= 15 is 0 Å². The lowest BCUT2D eigenvalue weighted by atomic mass is 9.82. The predicted molar refractivity (Wildman–Crippen MR) is 69.8 cm³/mol. The number of hydrogen-bond acceptors (Lipinski definition) is 2. The van der Waals surface area contributed by atoms with Crippen LogP contribution < -0.4 is 5.73 Å². The Labute approximate surface area is 110 Å². The van der Waals surface area contributed by atoms with Crippen LogP contribution in [0.3, 0.4) is 0 Å². The molecule has 0 bridgehead atoms. The topological polar surface area (TPSA) is 54.7 Å². The van der Waals surface area contributed by atoms with Gasteiger partial charge in [0.1, 0.15) is 17.2 Å². The lowest BCUT2D eigenvalue weighted by Crippen LogP contribution is -2.21. The Bertz CT molecular complexity index is 586. The average Bonchev–Trinajstić information content (AvgIpc) is 2.83. The number of fused-ring (bicyclic) bond motifs is 1. The maximum atomic E-state index is 13.6. The Morgan fingerprint density at radius 3 is 2.63 bits per heavy atom. The summed E-state index contributed by atoms with van der Waals surface area (Å²) in [7, 11) is 0. The van der Waals surface area contributed by atoms with Crippen molar-refractivity contribution in [3.8, 4) is 0 Å². The fraction of sp³-hybridized carbons (Fsp3) is 0.500. The van der Waals surface area contributed by atoms with Crippen molar-refractivity contribution < 1.29 is 8.78 Å². The summed E-state index contributed by atoms with van der Waals surface area (Å²) in [4.78, 5) is 7.36. The van der Waals surface area contributed by atoms with Crippen LogP contribution in [0.1, 0.15) is 37.4 Å². The van der Waals surface area contributed by atoms with Crippen molar-refractivity contribution in [3.63, 3.8) is 0 Å². The fourth-order valence-electron chi connectivity index (χ4n) is 2.93. The van der Waals surface area contributed by atoms with Crippen molar-refractivity contribution >= 4 is 11.0 Å². The van der Waals surface area contributed by atoms with Crippen molar-refractivity contribution in [2.45, 2.75) is 31.6 Å². The number of rotatable bonds is 2. The molecule has 0 atom stereocenters. The molecule has 102 valence electrons. The van der Waals surface area contributed by atoms with Crippen LogP contribution in [-0.4, -0.2) is 16.5 Å². The Balaban J connectivity index is 1.88. The van der Waals surface area contributed by atoms with Gasteiger partial charge in [0.25, 0.3) is 0 Å². The molecule has 1 aliphatic rings. The van der Waals surface area contributed by atoms with Gasteiger partial charge in [0.15, 0.2) is 5.82 Å². The molecule has 1 aromatic carbocycles. The molecule has 1 heterocycles. The summed E-state index contributed by atoms with van der Waals surface area (Å²) in [5.74, 6) is 0.489. The maximum Gasteiger partial charge on any atom is 0.153 e. The van der Waals surface area contributed by atoms with E-state index in [0.29, 0.717) is 17.4 Å². The van der Waals surface area contributed by atoms with E-state index in [4.69, 9.17) is 5.73 Å². The molecule has 3 rings (SSSR count). The summed E-state index contributed by atoms with van der Waals surface area (Å²) >= 11 is 0. The van der Waals surface area contributed by atoms with E-state index in [-0.39, 0.29) is 5.52 Å². The predicted octanol–water partition coefficient (Wildman–Crippen LogP) is 3.07. The first-order valence-electron chi connectivity index (χ1n) is 6.72. The van der Waals surface area contributed by atoms with Crippen LogP contribution >= 0.6 is 0 Å². The molecule has 19 heavy (non-hydrogen) atoms. The van der Waals surface area contributed by atoms with Crippen LogP contribution in [-0.2, 0) is 0 Å². The van der Waals surface area contributed by atoms with E-state index in [0.717, 1.165) is 44.1 Å². The zero-order chi connectivity index (χ0) is 13.4.